The van der Waals surface area contributed by atoms with Crippen LogP contribution in [0.2, 0.25) is 0 Å². The molecule has 0 fully saturated rings. The van der Waals surface area contributed by atoms with E-state index in [-0.39, 0.29) is 0 Å². The third-order valence-corrected chi connectivity index (χ3v) is 2.96. The SMILES string of the molecule is Cc1cc(Br)ncc1[C@H](O)c1ccccc1. The molecule has 0 bridgehead atoms. The number of benzene rings is 1. The minimum Gasteiger partial charge on any atom is -0.384 e. The molecular weight excluding hydrogens is 266 g/mol. The molecule has 0 aliphatic carbocycles. The van der Waals surface area contributed by atoms with Crippen molar-refractivity contribution in [1.82, 2.24) is 4.98 Å². The molecule has 3 heteroatoms. The van der Waals surface area contributed by atoms with E-state index in [1.807, 2.05) is 43.3 Å². The lowest BCUT2D eigenvalue weighted by Gasteiger charge is -2.13. The Bertz CT molecular complexity index is 485. The molecule has 0 amide bonds. The first-order chi connectivity index (χ1) is 7.68. The maximum atomic E-state index is 10.2. The van der Waals surface area contributed by atoms with Gasteiger partial charge in [0.1, 0.15) is 10.7 Å². The number of pyridine rings is 1. The van der Waals surface area contributed by atoms with Crippen LogP contribution in [0, 0.1) is 6.92 Å². The summed E-state index contributed by atoms with van der Waals surface area (Å²) >= 11 is 3.31. The summed E-state index contributed by atoms with van der Waals surface area (Å²) in [5, 5.41) is 10.2. The number of nitrogens with zero attached hydrogens (tertiary/aromatic N) is 1. The number of aromatic nitrogens is 1. The third-order valence-electron chi connectivity index (χ3n) is 2.53. The summed E-state index contributed by atoms with van der Waals surface area (Å²) in [4.78, 5) is 4.14. The van der Waals surface area contributed by atoms with Crippen molar-refractivity contribution >= 4 is 15.9 Å². The summed E-state index contributed by atoms with van der Waals surface area (Å²) in [7, 11) is 0. The number of aliphatic hydroxyl groups is 1. The predicted molar refractivity (Wildman–Crippen MR) is 67.2 cm³/mol. The Labute approximate surface area is 103 Å². The molecule has 0 aliphatic heterocycles. The Balaban J connectivity index is 2.38. The van der Waals surface area contributed by atoms with E-state index in [4.69, 9.17) is 0 Å². The first-order valence-corrected chi connectivity index (χ1v) is 5.83. The molecule has 0 unspecified atom stereocenters. The summed E-state index contributed by atoms with van der Waals surface area (Å²) in [5.41, 5.74) is 2.75. The van der Waals surface area contributed by atoms with Gasteiger partial charge in [-0.05, 0) is 40.0 Å². The van der Waals surface area contributed by atoms with Crippen LogP contribution in [-0.4, -0.2) is 10.1 Å². The van der Waals surface area contributed by atoms with Gasteiger partial charge >= 0.3 is 0 Å². The summed E-state index contributed by atoms with van der Waals surface area (Å²) in [5.74, 6) is 0. The number of aryl methyl sites for hydroxylation is 1. The first-order valence-electron chi connectivity index (χ1n) is 5.03. The van der Waals surface area contributed by atoms with Crippen LogP contribution >= 0.6 is 15.9 Å². The molecule has 2 nitrogen and oxygen atoms in total. The van der Waals surface area contributed by atoms with E-state index < -0.39 is 6.10 Å². The summed E-state index contributed by atoms with van der Waals surface area (Å²) < 4.78 is 0.786. The fraction of sp³-hybridized carbons (Fsp3) is 0.154. The van der Waals surface area contributed by atoms with Gasteiger partial charge in [0.25, 0.3) is 0 Å². The van der Waals surface area contributed by atoms with Crippen LogP contribution in [0.3, 0.4) is 0 Å². The molecule has 0 saturated carbocycles. The Kier molecular flexibility index (Phi) is 3.36. The monoisotopic (exact) mass is 277 g/mol. The lowest BCUT2D eigenvalue weighted by molar-refractivity contribution is 0.219. The molecule has 2 aromatic rings. The van der Waals surface area contributed by atoms with Gasteiger partial charge in [0, 0.05) is 11.8 Å². The van der Waals surface area contributed by atoms with Gasteiger partial charge < -0.3 is 5.11 Å². The molecule has 2 rings (SSSR count). The van der Waals surface area contributed by atoms with Gasteiger partial charge in [0.05, 0.1) is 0 Å². The van der Waals surface area contributed by atoms with E-state index in [2.05, 4.69) is 20.9 Å². The van der Waals surface area contributed by atoms with Crippen molar-refractivity contribution in [3.8, 4) is 0 Å². The highest BCUT2D eigenvalue weighted by molar-refractivity contribution is 9.10. The van der Waals surface area contributed by atoms with Crippen LogP contribution in [0.25, 0.3) is 0 Å². The minimum atomic E-state index is -0.609. The van der Waals surface area contributed by atoms with Crippen molar-refractivity contribution in [2.75, 3.05) is 0 Å². The molecular formula is C13H12BrNO. The molecule has 0 saturated heterocycles. The average molecular weight is 278 g/mol. The number of aliphatic hydroxyl groups excluding tert-OH is 1. The van der Waals surface area contributed by atoms with Crippen molar-refractivity contribution in [2.45, 2.75) is 13.0 Å². The Morgan fingerprint density at radius 3 is 2.56 bits per heavy atom. The normalized spacial score (nSPS) is 12.4. The molecule has 1 aromatic heterocycles. The van der Waals surface area contributed by atoms with Gasteiger partial charge in [-0.15, -0.1) is 0 Å². The average Bonchev–Trinajstić information content (AvgIpc) is 2.29. The maximum absolute atomic E-state index is 10.2. The van der Waals surface area contributed by atoms with Crippen molar-refractivity contribution in [3.63, 3.8) is 0 Å². The molecule has 82 valence electrons. The Morgan fingerprint density at radius 2 is 1.94 bits per heavy atom. The van der Waals surface area contributed by atoms with Gasteiger partial charge in [-0.2, -0.15) is 0 Å². The summed E-state index contributed by atoms with van der Waals surface area (Å²) in [6.07, 6.45) is 1.10. The van der Waals surface area contributed by atoms with Gasteiger partial charge in [0.2, 0.25) is 0 Å². The lowest BCUT2D eigenvalue weighted by Crippen LogP contribution is -2.02. The smallest absolute Gasteiger partial charge is 0.106 e. The van der Waals surface area contributed by atoms with Crippen molar-refractivity contribution in [3.05, 3.63) is 63.9 Å². The van der Waals surface area contributed by atoms with Gasteiger partial charge in [-0.1, -0.05) is 30.3 Å². The van der Waals surface area contributed by atoms with Gasteiger partial charge in [0.15, 0.2) is 0 Å². The Morgan fingerprint density at radius 1 is 1.25 bits per heavy atom. The van der Waals surface area contributed by atoms with Crippen LogP contribution in [0.4, 0.5) is 0 Å². The van der Waals surface area contributed by atoms with Crippen LogP contribution in [-0.2, 0) is 0 Å². The molecule has 0 aliphatic rings. The molecule has 1 heterocycles. The van der Waals surface area contributed by atoms with Gasteiger partial charge in [-0.3, -0.25) is 0 Å². The molecule has 0 radical (unpaired) electrons. The quantitative estimate of drug-likeness (QED) is 0.855. The summed E-state index contributed by atoms with van der Waals surface area (Å²) in [6, 6.07) is 11.5. The summed E-state index contributed by atoms with van der Waals surface area (Å²) in [6.45, 7) is 1.97. The number of hydrogen-bond donors (Lipinski definition) is 1. The maximum Gasteiger partial charge on any atom is 0.106 e. The van der Waals surface area contributed by atoms with E-state index >= 15 is 0 Å². The van der Waals surface area contributed by atoms with E-state index in [1.165, 1.54) is 0 Å². The second-order valence-electron chi connectivity index (χ2n) is 3.68. The van der Waals surface area contributed by atoms with Crippen molar-refractivity contribution in [2.24, 2.45) is 0 Å². The van der Waals surface area contributed by atoms with E-state index in [1.54, 1.807) is 6.20 Å². The zero-order valence-electron chi connectivity index (χ0n) is 8.89. The predicted octanol–water partition coefficient (Wildman–Crippen LogP) is 3.23. The van der Waals surface area contributed by atoms with Crippen LogP contribution in [0.1, 0.15) is 22.8 Å². The highest BCUT2D eigenvalue weighted by atomic mass is 79.9. The second kappa shape index (κ2) is 4.76. The van der Waals surface area contributed by atoms with E-state index in [0.29, 0.717) is 0 Å². The molecule has 1 N–H and O–H groups in total. The zero-order valence-corrected chi connectivity index (χ0v) is 10.5. The number of halogens is 1. The molecule has 1 atom stereocenters. The highest BCUT2D eigenvalue weighted by Gasteiger charge is 2.12. The van der Waals surface area contributed by atoms with Crippen LogP contribution in [0.15, 0.2) is 47.2 Å². The third kappa shape index (κ3) is 2.31. The van der Waals surface area contributed by atoms with E-state index in [0.717, 1.165) is 21.3 Å². The zero-order chi connectivity index (χ0) is 11.5. The molecule has 16 heavy (non-hydrogen) atoms. The largest absolute Gasteiger partial charge is 0.384 e. The minimum absolute atomic E-state index is 0.609. The highest BCUT2D eigenvalue weighted by Crippen LogP contribution is 2.25. The van der Waals surface area contributed by atoms with E-state index in [9.17, 15) is 5.11 Å². The molecule has 0 spiro atoms. The fourth-order valence-electron chi connectivity index (χ4n) is 1.63. The van der Waals surface area contributed by atoms with Crippen LogP contribution in [0.5, 0.6) is 0 Å². The standard InChI is InChI=1S/C13H12BrNO/c1-9-7-12(14)15-8-11(9)13(16)10-5-3-2-4-6-10/h2-8,13,16H,1H3/t13-/m1/s1. The molecule has 1 aromatic carbocycles. The van der Waals surface area contributed by atoms with Gasteiger partial charge in [-0.25, -0.2) is 4.98 Å². The first kappa shape index (κ1) is 11.3. The fourth-order valence-corrected chi connectivity index (χ4v) is 2.08. The van der Waals surface area contributed by atoms with Crippen LogP contribution < -0.4 is 0 Å². The topological polar surface area (TPSA) is 33.1 Å². The van der Waals surface area contributed by atoms with Crippen molar-refractivity contribution < 1.29 is 5.11 Å². The van der Waals surface area contributed by atoms with Crippen molar-refractivity contribution in [1.29, 1.82) is 0 Å². The number of rotatable bonds is 2. The lowest BCUT2D eigenvalue weighted by atomic mass is 10.00. The second-order valence-corrected chi connectivity index (χ2v) is 4.49. The number of hydrogen-bond acceptors (Lipinski definition) is 2. The Hall–Kier alpha value is -1.19.